The second-order valence-electron chi connectivity index (χ2n) is 5.90. The second-order valence-corrected chi connectivity index (χ2v) is 5.90. The first-order valence-electron chi connectivity index (χ1n) is 8.01. The van der Waals surface area contributed by atoms with Crippen LogP contribution in [0.4, 0.5) is 5.82 Å². The number of H-pyrrole nitrogens is 1. The number of aromatic amines is 1. The summed E-state index contributed by atoms with van der Waals surface area (Å²) in [5, 5.41) is 0. The number of piperidine rings is 1. The molecular weight excluding hydrogens is 286 g/mol. The standard InChI is InChI=1S/C18H19N5/c1-2-5-14(6-3-1)16-11-21-18(22-16)15-7-4-10-23(13-15)17-12-19-8-9-20-17/h1-3,5-6,8-9,11-12,15H,4,7,10,13H2,(H,21,22). The minimum atomic E-state index is 0.406. The lowest BCUT2D eigenvalue weighted by Gasteiger charge is -2.32. The number of hydrogen-bond acceptors (Lipinski definition) is 4. The predicted molar refractivity (Wildman–Crippen MR) is 90.2 cm³/mol. The van der Waals surface area contributed by atoms with Gasteiger partial charge in [0.15, 0.2) is 0 Å². The predicted octanol–water partition coefficient (Wildman–Crippen LogP) is 3.25. The zero-order valence-corrected chi connectivity index (χ0v) is 12.9. The Bertz CT molecular complexity index is 753. The highest BCUT2D eigenvalue weighted by Crippen LogP contribution is 2.28. The molecule has 1 unspecified atom stereocenters. The third-order valence-electron chi connectivity index (χ3n) is 4.36. The Morgan fingerprint density at radius 3 is 2.78 bits per heavy atom. The van der Waals surface area contributed by atoms with E-state index in [1.165, 1.54) is 5.56 Å². The molecule has 5 nitrogen and oxygen atoms in total. The SMILES string of the molecule is c1ccc(-c2cnc(C3CCCN(c4cnccn4)C3)[nH]2)cc1. The van der Waals surface area contributed by atoms with E-state index in [1.807, 2.05) is 30.6 Å². The summed E-state index contributed by atoms with van der Waals surface area (Å²) in [7, 11) is 0. The van der Waals surface area contributed by atoms with E-state index in [4.69, 9.17) is 0 Å². The molecular formula is C18H19N5. The molecule has 0 saturated carbocycles. The van der Waals surface area contributed by atoms with Crippen molar-refractivity contribution in [3.63, 3.8) is 0 Å². The summed E-state index contributed by atoms with van der Waals surface area (Å²) < 4.78 is 0. The van der Waals surface area contributed by atoms with Gasteiger partial charge in [0.2, 0.25) is 0 Å². The van der Waals surface area contributed by atoms with Crippen LogP contribution in [0.25, 0.3) is 11.3 Å². The first-order chi connectivity index (χ1) is 11.4. The van der Waals surface area contributed by atoms with Gasteiger partial charge in [0.05, 0.1) is 18.1 Å². The van der Waals surface area contributed by atoms with Gasteiger partial charge in [-0.15, -0.1) is 0 Å². The molecule has 1 aromatic carbocycles. The number of rotatable bonds is 3. The van der Waals surface area contributed by atoms with Gasteiger partial charge in [0.25, 0.3) is 0 Å². The summed E-state index contributed by atoms with van der Waals surface area (Å²) in [5.74, 6) is 2.42. The molecule has 0 bridgehead atoms. The molecule has 5 heteroatoms. The van der Waals surface area contributed by atoms with E-state index in [9.17, 15) is 0 Å². The highest BCUT2D eigenvalue weighted by Gasteiger charge is 2.24. The van der Waals surface area contributed by atoms with Crippen molar-refractivity contribution in [2.24, 2.45) is 0 Å². The lowest BCUT2D eigenvalue weighted by molar-refractivity contribution is 0.491. The number of imidazole rings is 1. The smallest absolute Gasteiger partial charge is 0.147 e. The van der Waals surface area contributed by atoms with Crippen LogP contribution in [0.2, 0.25) is 0 Å². The van der Waals surface area contributed by atoms with Crippen LogP contribution >= 0.6 is 0 Å². The van der Waals surface area contributed by atoms with E-state index in [-0.39, 0.29) is 0 Å². The van der Waals surface area contributed by atoms with Gasteiger partial charge < -0.3 is 9.88 Å². The molecule has 3 heterocycles. The fourth-order valence-corrected chi connectivity index (χ4v) is 3.17. The number of aromatic nitrogens is 4. The van der Waals surface area contributed by atoms with Crippen LogP contribution in [0, 0.1) is 0 Å². The first-order valence-corrected chi connectivity index (χ1v) is 8.01. The van der Waals surface area contributed by atoms with Crippen LogP contribution in [-0.4, -0.2) is 33.0 Å². The molecule has 0 amide bonds. The molecule has 1 atom stereocenters. The third-order valence-corrected chi connectivity index (χ3v) is 4.36. The molecule has 3 aromatic rings. The summed E-state index contributed by atoms with van der Waals surface area (Å²) in [5.41, 5.74) is 2.25. The van der Waals surface area contributed by atoms with Crippen molar-refractivity contribution in [3.05, 3.63) is 60.9 Å². The maximum Gasteiger partial charge on any atom is 0.147 e. The van der Waals surface area contributed by atoms with Gasteiger partial charge in [-0.05, 0) is 18.4 Å². The van der Waals surface area contributed by atoms with E-state index in [0.717, 1.165) is 43.3 Å². The van der Waals surface area contributed by atoms with Crippen LogP contribution in [0.15, 0.2) is 55.1 Å². The lowest BCUT2D eigenvalue weighted by Crippen LogP contribution is -2.35. The molecule has 0 radical (unpaired) electrons. The first kappa shape index (κ1) is 13.9. The van der Waals surface area contributed by atoms with Crippen LogP contribution in [0.1, 0.15) is 24.6 Å². The normalized spacial score (nSPS) is 18.1. The number of benzene rings is 1. The third kappa shape index (κ3) is 2.95. The van der Waals surface area contributed by atoms with E-state index >= 15 is 0 Å². The van der Waals surface area contributed by atoms with E-state index in [0.29, 0.717) is 5.92 Å². The number of nitrogens with zero attached hydrogens (tertiary/aromatic N) is 4. The molecule has 1 N–H and O–H groups in total. The van der Waals surface area contributed by atoms with Crippen molar-refractivity contribution in [3.8, 4) is 11.3 Å². The zero-order valence-electron chi connectivity index (χ0n) is 12.9. The molecule has 0 aliphatic carbocycles. The average molecular weight is 305 g/mol. The Morgan fingerprint density at radius 1 is 1.04 bits per heavy atom. The quantitative estimate of drug-likeness (QED) is 0.807. The molecule has 0 spiro atoms. The molecule has 1 saturated heterocycles. The van der Waals surface area contributed by atoms with Crippen LogP contribution in [0.5, 0.6) is 0 Å². The van der Waals surface area contributed by atoms with Gasteiger partial charge in [-0.25, -0.2) is 9.97 Å². The highest BCUT2D eigenvalue weighted by atomic mass is 15.2. The summed E-state index contributed by atoms with van der Waals surface area (Å²) in [6, 6.07) is 10.3. The molecule has 1 aliphatic rings. The molecule has 23 heavy (non-hydrogen) atoms. The summed E-state index contributed by atoms with van der Waals surface area (Å²) >= 11 is 0. The van der Waals surface area contributed by atoms with Crippen molar-refractivity contribution in [2.75, 3.05) is 18.0 Å². The molecule has 1 fully saturated rings. The minimum absolute atomic E-state index is 0.406. The second kappa shape index (κ2) is 6.20. The molecule has 1 aliphatic heterocycles. The lowest BCUT2D eigenvalue weighted by atomic mass is 9.97. The monoisotopic (exact) mass is 305 g/mol. The number of nitrogens with one attached hydrogen (secondary N) is 1. The van der Waals surface area contributed by atoms with Gasteiger partial charge in [-0.3, -0.25) is 4.98 Å². The Labute approximate surface area is 135 Å². The topological polar surface area (TPSA) is 57.7 Å². The van der Waals surface area contributed by atoms with E-state index in [1.54, 1.807) is 12.4 Å². The number of anilines is 1. The van der Waals surface area contributed by atoms with Crippen molar-refractivity contribution < 1.29 is 0 Å². The molecule has 2 aromatic heterocycles. The molecule has 4 rings (SSSR count). The average Bonchev–Trinajstić information content (AvgIpc) is 3.14. The van der Waals surface area contributed by atoms with Crippen molar-refractivity contribution in [1.82, 2.24) is 19.9 Å². The summed E-state index contributed by atoms with van der Waals surface area (Å²) in [4.78, 5) is 19.0. The Hall–Kier alpha value is -2.69. The largest absolute Gasteiger partial charge is 0.355 e. The van der Waals surface area contributed by atoms with E-state index in [2.05, 4.69) is 37.0 Å². The maximum atomic E-state index is 4.63. The Balaban J connectivity index is 1.53. The van der Waals surface area contributed by atoms with Crippen molar-refractivity contribution >= 4 is 5.82 Å². The van der Waals surface area contributed by atoms with Crippen LogP contribution in [-0.2, 0) is 0 Å². The number of hydrogen-bond donors (Lipinski definition) is 1. The fraction of sp³-hybridized carbons (Fsp3) is 0.278. The Kier molecular flexibility index (Phi) is 3.76. The fourth-order valence-electron chi connectivity index (χ4n) is 3.17. The van der Waals surface area contributed by atoms with Gasteiger partial charge in [0, 0.05) is 31.4 Å². The summed E-state index contributed by atoms with van der Waals surface area (Å²) in [6.07, 6.45) is 9.52. The zero-order chi connectivity index (χ0) is 15.5. The maximum absolute atomic E-state index is 4.63. The van der Waals surface area contributed by atoms with Gasteiger partial charge >= 0.3 is 0 Å². The van der Waals surface area contributed by atoms with Crippen LogP contribution < -0.4 is 4.90 Å². The minimum Gasteiger partial charge on any atom is -0.355 e. The molecule has 116 valence electrons. The van der Waals surface area contributed by atoms with E-state index < -0.39 is 0 Å². The van der Waals surface area contributed by atoms with Gasteiger partial charge in [-0.1, -0.05) is 30.3 Å². The summed E-state index contributed by atoms with van der Waals surface area (Å²) in [6.45, 7) is 1.96. The van der Waals surface area contributed by atoms with Crippen LogP contribution in [0.3, 0.4) is 0 Å². The Morgan fingerprint density at radius 2 is 1.96 bits per heavy atom. The van der Waals surface area contributed by atoms with Gasteiger partial charge in [0.1, 0.15) is 11.6 Å². The van der Waals surface area contributed by atoms with Crippen molar-refractivity contribution in [2.45, 2.75) is 18.8 Å². The van der Waals surface area contributed by atoms with Gasteiger partial charge in [-0.2, -0.15) is 0 Å². The van der Waals surface area contributed by atoms with Crippen molar-refractivity contribution in [1.29, 1.82) is 0 Å². The highest BCUT2D eigenvalue weighted by molar-refractivity contribution is 5.58.